The molecule has 0 fully saturated rings. The standard InChI is InChI=1S/C10H12Cl2N2O2/c1-10(2,16)5-13-9(15)6-3-7(11)14-8(12)4-6/h3-4,16H,5H2,1-2H3,(H,13,15). The molecule has 0 unspecified atom stereocenters. The Labute approximate surface area is 104 Å². The second-order valence-electron chi connectivity index (χ2n) is 4.00. The fraction of sp³-hybridized carbons (Fsp3) is 0.400. The van der Waals surface area contributed by atoms with Crippen LogP contribution in [0.3, 0.4) is 0 Å². The molecule has 2 N–H and O–H groups in total. The Kier molecular flexibility index (Phi) is 4.13. The zero-order valence-electron chi connectivity index (χ0n) is 8.92. The summed E-state index contributed by atoms with van der Waals surface area (Å²) in [7, 11) is 0. The molecule has 6 heteroatoms. The van der Waals surface area contributed by atoms with Gasteiger partial charge in [0.15, 0.2) is 0 Å². The van der Waals surface area contributed by atoms with E-state index in [1.165, 1.54) is 12.1 Å². The van der Waals surface area contributed by atoms with E-state index in [0.717, 1.165) is 0 Å². The topological polar surface area (TPSA) is 62.2 Å². The predicted octanol–water partition coefficient (Wildman–Crippen LogP) is 1.89. The van der Waals surface area contributed by atoms with E-state index in [1.807, 2.05) is 0 Å². The molecular formula is C10H12Cl2N2O2. The first-order chi connectivity index (χ1) is 7.28. The molecule has 0 bridgehead atoms. The molecule has 0 aliphatic carbocycles. The Morgan fingerprint density at radius 3 is 2.38 bits per heavy atom. The zero-order chi connectivity index (χ0) is 12.3. The molecule has 16 heavy (non-hydrogen) atoms. The average Bonchev–Trinajstić information content (AvgIpc) is 2.11. The van der Waals surface area contributed by atoms with Gasteiger partial charge in [0.1, 0.15) is 10.3 Å². The van der Waals surface area contributed by atoms with Gasteiger partial charge in [-0.1, -0.05) is 23.2 Å². The smallest absolute Gasteiger partial charge is 0.251 e. The first kappa shape index (κ1) is 13.2. The van der Waals surface area contributed by atoms with Gasteiger partial charge in [0.05, 0.1) is 5.60 Å². The summed E-state index contributed by atoms with van der Waals surface area (Å²) in [5.74, 6) is -0.353. The number of hydrogen-bond donors (Lipinski definition) is 2. The van der Waals surface area contributed by atoms with Crippen LogP contribution in [0.15, 0.2) is 12.1 Å². The first-order valence-electron chi connectivity index (χ1n) is 4.61. The summed E-state index contributed by atoms with van der Waals surface area (Å²) in [4.78, 5) is 15.4. The van der Waals surface area contributed by atoms with E-state index < -0.39 is 5.60 Å². The molecule has 0 saturated heterocycles. The number of hydrogen-bond acceptors (Lipinski definition) is 3. The van der Waals surface area contributed by atoms with Crippen molar-refractivity contribution in [2.24, 2.45) is 0 Å². The molecule has 88 valence electrons. The monoisotopic (exact) mass is 262 g/mol. The largest absolute Gasteiger partial charge is 0.389 e. The number of pyridine rings is 1. The van der Waals surface area contributed by atoms with Crippen molar-refractivity contribution >= 4 is 29.1 Å². The van der Waals surface area contributed by atoms with Crippen molar-refractivity contribution in [1.82, 2.24) is 10.3 Å². The first-order valence-corrected chi connectivity index (χ1v) is 5.37. The van der Waals surface area contributed by atoms with Crippen molar-refractivity contribution in [2.75, 3.05) is 6.54 Å². The van der Waals surface area contributed by atoms with Gasteiger partial charge in [-0.2, -0.15) is 0 Å². The van der Waals surface area contributed by atoms with E-state index in [1.54, 1.807) is 13.8 Å². The third-order valence-electron chi connectivity index (χ3n) is 1.71. The summed E-state index contributed by atoms with van der Waals surface area (Å²) in [6, 6.07) is 2.82. The molecule has 0 aliphatic rings. The fourth-order valence-electron chi connectivity index (χ4n) is 0.995. The van der Waals surface area contributed by atoms with Gasteiger partial charge in [-0.15, -0.1) is 0 Å². The molecule has 0 aliphatic heterocycles. The maximum atomic E-state index is 11.6. The van der Waals surface area contributed by atoms with Gasteiger partial charge >= 0.3 is 0 Å². The highest BCUT2D eigenvalue weighted by Gasteiger charge is 2.15. The third-order valence-corrected chi connectivity index (χ3v) is 2.09. The number of nitrogens with one attached hydrogen (secondary N) is 1. The van der Waals surface area contributed by atoms with Crippen LogP contribution in [0, 0.1) is 0 Å². The van der Waals surface area contributed by atoms with Gasteiger partial charge in [0.25, 0.3) is 5.91 Å². The molecular weight excluding hydrogens is 251 g/mol. The Balaban J connectivity index is 2.73. The molecule has 0 aromatic carbocycles. The maximum Gasteiger partial charge on any atom is 0.251 e. The number of nitrogens with zero attached hydrogens (tertiary/aromatic N) is 1. The molecule has 0 atom stereocenters. The van der Waals surface area contributed by atoms with Crippen LogP contribution >= 0.6 is 23.2 Å². The van der Waals surface area contributed by atoms with E-state index in [9.17, 15) is 9.90 Å². The number of carbonyl (C=O) groups is 1. The normalized spacial score (nSPS) is 11.3. The lowest BCUT2D eigenvalue weighted by atomic mass is 10.1. The maximum absolute atomic E-state index is 11.6. The van der Waals surface area contributed by atoms with Crippen LogP contribution in [0.2, 0.25) is 10.3 Å². The van der Waals surface area contributed by atoms with Gasteiger partial charge in [-0.3, -0.25) is 4.79 Å². The number of carbonyl (C=O) groups excluding carboxylic acids is 1. The Bertz CT molecular complexity index is 382. The molecule has 0 saturated carbocycles. The number of aromatic nitrogens is 1. The van der Waals surface area contributed by atoms with Crippen LogP contribution in [0.5, 0.6) is 0 Å². The number of halogens is 2. The molecule has 0 radical (unpaired) electrons. The van der Waals surface area contributed by atoms with E-state index in [2.05, 4.69) is 10.3 Å². The van der Waals surface area contributed by atoms with E-state index in [-0.39, 0.29) is 22.8 Å². The molecule has 0 spiro atoms. The lowest BCUT2D eigenvalue weighted by Gasteiger charge is -2.17. The molecule has 1 amide bonds. The highest BCUT2D eigenvalue weighted by Crippen LogP contribution is 2.14. The van der Waals surface area contributed by atoms with Crippen LogP contribution in [0.25, 0.3) is 0 Å². The second kappa shape index (κ2) is 4.99. The molecule has 4 nitrogen and oxygen atoms in total. The van der Waals surface area contributed by atoms with Crippen LogP contribution in [-0.4, -0.2) is 28.1 Å². The number of amides is 1. The fourth-order valence-corrected chi connectivity index (χ4v) is 1.46. The third kappa shape index (κ3) is 4.35. The lowest BCUT2D eigenvalue weighted by molar-refractivity contribution is 0.0694. The van der Waals surface area contributed by atoms with Crippen molar-refractivity contribution in [3.8, 4) is 0 Å². The second-order valence-corrected chi connectivity index (χ2v) is 4.77. The van der Waals surface area contributed by atoms with E-state index >= 15 is 0 Å². The van der Waals surface area contributed by atoms with E-state index in [4.69, 9.17) is 23.2 Å². The molecule has 1 aromatic rings. The Morgan fingerprint density at radius 2 is 1.94 bits per heavy atom. The minimum atomic E-state index is -0.962. The van der Waals surface area contributed by atoms with Gasteiger partial charge in [-0.05, 0) is 26.0 Å². The number of rotatable bonds is 3. The van der Waals surface area contributed by atoms with Crippen LogP contribution in [0.1, 0.15) is 24.2 Å². The molecule has 1 heterocycles. The summed E-state index contributed by atoms with van der Waals surface area (Å²) >= 11 is 11.3. The summed E-state index contributed by atoms with van der Waals surface area (Å²) in [6.07, 6.45) is 0. The Morgan fingerprint density at radius 1 is 1.44 bits per heavy atom. The zero-order valence-corrected chi connectivity index (χ0v) is 10.4. The molecule has 1 rings (SSSR count). The van der Waals surface area contributed by atoms with Crippen molar-refractivity contribution in [3.63, 3.8) is 0 Å². The van der Waals surface area contributed by atoms with Gasteiger partial charge in [0, 0.05) is 12.1 Å². The van der Waals surface area contributed by atoms with Crippen LogP contribution in [0.4, 0.5) is 0 Å². The van der Waals surface area contributed by atoms with Crippen LogP contribution < -0.4 is 5.32 Å². The van der Waals surface area contributed by atoms with Crippen LogP contribution in [-0.2, 0) is 0 Å². The quantitative estimate of drug-likeness (QED) is 0.818. The number of aliphatic hydroxyl groups is 1. The van der Waals surface area contributed by atoms with Crippen molar-refractivity contribution in [3.05, 3.63) is 28.0 Å². The highest BCUT2D eigenvalue weighted by molar-refractivity contribution is 6.33. The SMILES string of the molecule is CC(C)(O)CNC(=O)c1cc(Cl)nc(Cl)c1. The Hall–Kier alpha value is -0.840. The van der Waals surface area contributed by atoms with E-state index in [0.29, 0.717) is 5.56 Å². The minimum Gasteiger partial charge on any atom is -0.389 e. The highest BCUT2D eigenvalue weighted by atomic mass is 35.5. The summed E-state index contributed by atoms with van der Waals surface area (Å²) in [6.45, 7) is 3.34. The minimum absolute atomic E-state index is 0.142. The van der Waals surface area contributed by atoms with Crippen molar-refractivity contribution in [1.29, 1.82) is 0 Å². The predicted molar refractivity (Wildman–Crippen MR) is 62.9 cm³/mol. The summed E-state index contributed by atoms with van der Waals surface area (Å²) < 4.78 is 0. The van der Waals surface area contributed by atoms with Gasteiger partial charge < -0.3 is 10.4 Å². The van der Waals surface area contributed by atoms with Gasteiger partial charge in [-0.25, -0.2) is 4.98 Å². The van der Waals surface area contributed by atoms with Gasteiger partial charge in [0.2, 0.25) is 0 Å². The summed E-state index contributed by atoms with van der Waals surface area (Å²) in [5, 5.41) is 12.3. The average molecular weight is 263 g/mol. The lowest BCUT2D eigenvalue weighted by Crippen LogP contribution is -2.38. The molecule has 1 aromatic heterocycles. The summed E-state index contributed by atoms with van der Waals surface area (Å²) in [5.41, 5.74) is -0.648. The van der Waals surface area contributed by atoms with Crippen molar-refractivity contribution in [2.45, 2.75) is 19.4 Å². The van der Waals surface area contributed by atoms with Crippen molar-refractivity contribution < 1.29 is 9.90 Å².